The molecule has 1 aliphatic rings. The molecule has 0 aliphatic carbocycles. The minimum absolute atomic E-state index is 0.0992. The van der Waals surface area contributed by atoms with Gasteiger partial charge in [0.25, 0.3) is 5.91 Å². The number of carbonyl (C=O) groups excluding carboxylic acids is 1. The fourth-order valence-electron chi connectivity index (χ4n) is 3.04. The van der Waals surface area contributed by atoms with Gasteiger partial charge in [0.05, 0.1) is 0 Å². The second-order valence-electron chi connectivity index (χ2n) is 6.24. The van der Waals surface area contributed by atoms with Gasteiger partial charge in [-0.1, -0.05) is 25.1 Å². The third-order valence-electron chi connectivity index (χ3n) is 4.29. The van der Waals surface area contributed by atoms with Gasteiger partial charge in [-0.2, -0.15) is 10.1 Å². The second-order valence-corrected chi connectivity index (χ2v) is 6.24. The molecule has 0 bridgehead atoms. The van der Waals surface area contributed by atoms with Gasteiger partial charge in [-0.05, 0) is 25.0 Å². The summed E-state index contributed by atoms with van der Waals surface area (Å²) in [6.45, 7) is 4.68. The Bertz CT molecular complexity index is 883. The average Bonchev–Trinajstić information content (AvgIpc) is 3.31. The van der Waals surface area contributed by atoms with Gasteiger partial charge >= 0.3 is 0 Å². The summed E-state index contributed by atoms with van der Waals surface area (Å²) >= 11 is 0. The van der Waals surface area contributed by atoms with Crippen LogP contribution >= 0.6 is 0 Å². The zero-order valence-electron chi connectivity index (χ0n) is 13.6. The first-order valence-corrected chi connectivity index (χ1v) is 8.08. The fraction of sp³-hybridized carbons (Fsp3) is 0.438. The van der Waals surface area contributed by atoms with E-state index < -0.39 is 0 Å². The van der Waals surface area contributed by atoms with Crippen molar-refractivity contribution in [2.45, 2.75) is 38.6 Å². The molecular formula is C16H18N6O2. The lowest BCUT2D eigenvalue weighted by atomic mass is 10.2. The van der Waals surface area contributed by atoms with Crippen molar-refractivity contribution in [1.29, 1.82) is 0 Å². The van der Waals surface area contributed by atoms with Gasteiger partial charge in [-0.15, -0.1) is 0 Å². The molecule has 8 nitrogen and oxygen atoms in total. The van der Waals surface area contributed by atoms with Crippen molar-refractivity contribution in [3.63, 3.8) is 0 Å². The minimum atomic E-state index is -0.184. The summed E-state index contributed by atoms with van der Waals surface area (Å²) in [5.74, 6) is 1.27. The lowest BCUT2D eigenvalue weighted by Crippen LogP contribution is -2.32. The van der Waals surface area contributed by atoms with Crippen LogP contribution in [0.2, 0.25) is 0 Å². The molecule has 24 heavy (non-hydrogen) atoms. The Labute approximate surface area is 138 Å². The molecule has 1 saturated heterocycles. The molecule has 0 aromatic carbocycles. The van der Waals surface area contributed by atoms with E-state index >= 15 is 0 Å². The molecule has 0 saturated carbocycles. The lowest BCUT2D eigenvalue weighted by Gasteiger charge is -2.22. The monoisotopic (exact) mass is 326 g/mol. The van der Waals surface area contributed by atoms with Crippen LogP contribution in [0.1, 0.15) is 60.9 Å². The van der Waals surface area contributed by atoms with E-state index in [1.807, 2.05) is 26.0 Å². The molecule has 1 aliphatic heterocycles. The number of amides is 1. The van der Waals surface area contributed by atoms with Crippen LogP contribution in [0, 0.1) is 0 Å². The van der Waals surface area contributed by atoms with Crippen LogP contribution in [0.15, 0.2) is 29.0 Å². The number of pyridine rings is 1. The molecule has 3 aromatic heterocycles. The molecule has 0 unspecified atom stereocenters. The number of fused-ring (bicyclic) bond motifs is 1. The van der Waals surface area contributed by atoms with E-state index in [-0.39, 0.29) is 17.9 Å². The number of nitrogens with zero attached hydrogens (tertiary/aromatic N) is 6. The Hall–Kier alpha value is -2.77. The summed E-state index contributed by atoms with van der Waals surface area (Å²) < 4.78 is 6.97. The first kappa shape index (κ1) is 14.8. The van der Waals surface area contributed by atoms with Gasteiger partial charge in [0, 0.05) is 12.5 Å². The Morgan fingerprint density at radius 3 is 3.04 bits per heavy atom. The van der Waals surface area contributed by atoms with Crippen LogP contribution in [0.5, 0.6) is 0 Å². The zero-order chi connectivity index (χ0) is 16.7. The highest BCUT2D eigenvalue weighted by atomic mass is 16.5. The Balaban J connectivity index is 1.67. The highest BCUT2D eigenvalue weighted by Gasteiger charge is 2.35. The zero-order valence-corrected chi connectivity index (χ0v) is 13.6. The molecule has 124 valence electrons. The Kier molecular flexibility index (Phi) is 3.51. The van der Waals surface area contributed by atoms with Crippen molar-refractivity contribution >= 4 is 11.6 Å². The van der Waals surface area contributed by atoms with Crippen LogP contribution in [0.25, 0.3) is 5.65 Å². The molecule has 0 N–H and O–H groups in total. The lowest BCUT2D eigenvalue weighted by molar-refractivity contribution is 0.0701. The first-order chi connectivity index (χ1) is 11.6. The van der Waals surface area contributed by atoms with Gasteiger partial charge < -0.3 is 9.42 Å². The average molecular weight is 326 g/mol. The van der Waals surface area contributed by atoms with Crippen LogP contribution in [0.3, 0.4) is 0 Å². The van der Waals surface area contributed by atoms with E-state index in [1.54, 1.807) is 15.5 Å². The molecule has 1 amide bonds. The van der Waals surface area contributed by atoms with Crippen molar-refractivity contribution in [2.24, 2.45) is 0 Å². The molecule has 8 heteroatoms. The fourth-order valence-corrected chi connectivity index (χ4v) is 3.04. The summed E-state index contributed by atoms with van der Waals surface area (Å²) in [6, 6.07) is 5.20. The van der Waals surface area contributed by atoms with Gasteiger partial charge in [0.2, 0.25) is 5.89 Å². The summed E-state index contributed by atoms with van der Waals surface area (Å²) in [7, 11) is 0. The van der Waals surface area contributed by atoms with Crippen molar-refractivity contribution in [3.05, 3.63) is 41.9 Å². The number of rotatable bonds is 3. The number of likely N-dealkylation sites (tertiary alicyclic amines) is 1. The number of hydrogen-bond acceptors (Lipinski definition) is 6. The van der Waals surface area contributed by atoms with E-state index in [0.717, 1.165) is 12.8 Å². The summed E-state index contributed by atoms with van der Waals surface area (Å²) in [5.41, 5.74) is 1.14. The van der Waals surface area contributed by atoms with Gasteiger partial charge in [0.1, 0.15) is 18.1 Å². The standard InChI is InChI=1S/C16H18N6O2/c1-10(2)14-19-15(24-20-14)11-6-4-8-21(11)16(23)12-5-3-7-13-17-9-18-22(12)13/h3,5,7,9-11H,4,6,8H2,1-2H3/t11-/m0/s1. The molecule has 4 rings (SSSR count). The summed E-state index contributed by atoms with van der Waals surface area (Å²) in [4.78, 5) is 23.4. The first-order valence-electron chi connectivity index (χ1n) is 8.08. The number of hydrogen-bond donors (Lipinski definition) is 0. The highest BCUT2D eigenvalue weighted by Crippen LogP contribution is 2.32. The summed E-state index contributed by atoms with van der Waals surface area (Å²) in [6.07, 6.45) is 3.17. The predicted octanol–water partition coefficient (Wildman–Crippen LogP) is 2.21. The number of carbonyl (C=O) groups is 1. The van der Waals surface area contributed by atoms with E-state index in [0.29, 0.717) is 29.6 Å². The van der Waals surface area contributed by atoms with Crippen molar-refractivity contribution in [3.8, 4) is 0 Å². The van der Waals surface area contributed by atoms with E-state index in [1.165, 1.54) is 6.33 Å². The topological polar surface area (TPSA) is 89.4 Å². The molecule has 4 heterocycles. The van der Waals surface area contributed by atoms with E-state index in [4.69, 9.17) is 4.52 Å². The van der Waals surface area contributed by atoms with Crippen molar-refractivity contribution in [1.82, 2.24) is 29.6 Å². The second kappa shape index (κ2) is 5.70. The molecule has 0 spiro atoms. The number of aromatic nitrogens is 5. The summed E-state index contributed by atoms with van der Waals surface area (Å²) in [5, 5.41) is 8.16. The third kappa shape index (κ3) is 2.34. The van der Waals surface area contributed by atoms with Crippen LogP contribution in [-0.2, 0) is 0 Å². The molecular weight excluding hydrogens is 308 g/mol. The SMILES string of the molecule is CC(C)c1noc([C@@H]2CCCN2C(=O)c2cccc3ncnn23)n1. The third-order valence-corrected chi connectivity index (χ3v) is 4.29. The van der Waals surface area contributed by atoms with Crippen LogP contribution < -0.4 is 0 Å². The smallest absolute Gasteiger partial charge is 0.273 e. The maximum atomic E-state index is 13.0. The molecule has 1 atom stereocenters. The van der Waals surface area contributed by atoms with E-state index in [2.05, 4.69) is 20.2 Å². The van der Waals surface area contributed by atoms with Crippen LogP contribution in [-0.4, -0.2) is 42.1 Å². The van der Waals surface area contributed by atoms with Crippen molar-refractivity contribution < 1.29 is 9.32 Å². The highest BCUT2D eigenvalue weighted by molar-refractivity contribution is 5.93. The Morgan fingerprint density at radius 1 is 1.38 bits per heavy atom. The van der Waals surface area contributed by atoms with Gasteiger partial charge in [-0.25, -0.2) is 9.50 Å². The normalized spacial score (nSPS) is 18.0. The largest absolute Gasteiger partial charge is 0.337 e. The van der Waals surface area contributed by atoms with E-state index in [9.17, 15) is 4.79 Å². The quantitative estimate of drug-likeness (QED) is 0.733. The minimum Gasteiger partial charge on any atom is -0.337 e. The van der Waals surface area contributed by atoms with Crippen LogP contribution in [0.4, 0.5) is 0 Å². The van der Waals surface area contributed by atoms with Gasteiger partial charge in [-0.3, -0.25) is 4.79 Å². The molecule has 0 radical (unpaired) electrons. The van der Waals surface area contributed by atoms with Gasteiger partial charge in [0.15, 0.2) is 11.5 Å². The molecule has 1 fully saturated rings. The molecule has 3 aromatic rings. The predicted molar refractivity (Wildman–Crippen MR) is 84.4 cm³/mol. The Morgan fingerprint density at radius 2 is 2.25 bits per heavy atom. The van der Waals surface area contributed by atoms with Crippen molar-refractivity contribution in [2.75, 3.05) is 6.54 Å². The maximum Gasteiger partial charge on any atom is 0.273 e. The maximum absolute atomic E-state index is 13.0.